The van der Waals surface area contributed by atoms with Gasteiger partial charge < -0.3 is 25.4 Å². The van der Waals surface area contributed by atoms with E-state index in [0.29, 0.717) is 37.0 Å². The Morgan fingerprint density at radius 2 is 2.11 bits per heavy atom. The van der Waals surface area contributed by atoms with E-state index in [2.05, 4.69) is 20.9 Å². The van der Waals surface area contributed by atoms with E-state index in [1.807, 2.05) is 19.1 Å². The molecule has 10 heteroatoms. The molecule has 1 amide bonds. The first-order valence-electron chi connectivity index (χ1n) is 9.15. The van der Waals surface area contributed by atoms with Gasteiger partial charge in [-0.1, -0.05) is 0 Å². The van der Waals surface area contributed by atoms with Crippen LogP contribution in [0.2, 0.25) is 0 Å². The van der Waals surface area contributed by atoms with E-state index >= 15 is 0 Å². The summed E-state index contributed by atoms with van der Waals surface area (Å²) in [6.07, 6.45) is 0.689. The topological polar surface area (TPSA) is 118 Å². The van der Waals surface area contributed by atoms with Gasteiger partial charge in [-0.25, -0.2) is 8.42 Å². The fraction of sp³-hybridized carbons (Fsp3) is 0.556. The average molecular weight is 413 g/mol. The van der Waals surface area contributed by atoms with Gasteiger partial charge in [0.15, 0.2) is 27.3 Å². The van der Waals surface area contributed by atoms with Crippen molar-refractivity contribution in [2.45, 2.75) is 25.8 Å². The molecule has 156 valence electrons. The van der Waals surface area contributed by atoms with Gasteiger partial charge >= 0.3 is 0 Å². The Hall–Kier alpha value is -2.49. The van der Waals surface area contributed by atoms with Crippen molar-refractivity contribution in [2.24, 2.45) is 4.99 Å². The van der Waals surface area contributed by atoms with Gasteiger partial charge in [0.05, 0.1) is 25.2 Å². The number of nitrogens with zero attached hydrogens (tertiary/aromatic N) is 1. The number of hydrogen-bond donors (Lipinski definition) is 3. The summed E-state index contributed by atoms with van der Waals surface area (Å²) in [5.41, 5.74) is 0.762. The highest BCUT2D eigenvalue weighted by Crippen LogP contribution is 2.30. The van der Waals surface area contributed by atoms with E-state index in [-0.39, 0.29) is 29.9 Å². The van der Waals surface area contributed by atoms with E-state index in [4.69, 9.17) is 9.47 Å². The van der Waals surface area contributed by atoms with Crippen LogP contribution in [0.4, 0.5) is 5.69 Å². The second kappa shape index (κ2) is 10.2. The smallest absolute Gasteiger partial charge is 0.222 e. The lowest BCUT2D eigenvalue weighted by Crippen LogP contribution is -2.38. The molecule has 0 spiro atoms. The highest BCUT2D eigenvalue weighted by atomic mass is 32.2. The van der Waals surface area contributed by atoms with Crippen LogP contribution in [-0.2, 0) is 14.6 Å². The standard InChI is InChI=1S/C18H28N4O5S/c1-4-27-16-11-13(5-6-15(16)26-3)22-18(19-2)20-9-7-17(23)21-14-8-10-28(24,25)12-14/h5-6,11,14H,4,7-10,12H2,1-3H3,(H,21,23)(H2,19,20,22). The number of aliphatic imine (C=N–C) groups is 1. The van der Waals surface area contributed by atoms with Crippen molar-refractivity contribution >= 4 is 27.4 Å². The molecule has 1 unspecified atom stereocenters. The molecule has 0 radical (unpaired) electrons. The summed E-state index contributed by atoms with van der Waals surface area (Å²) in [5, 5.41) is 8.95. The molecule has 1 aliphatic rings. The van der Waals surface area contributed by atoms with Crippen molar-refractivity contribution < 1.29 is 22.7 Å². The van der Waals surface area contributed by atoms with Gasteiger partial charge in [0.25, 0.3) is 0 Å². The lowest BCUT2D eigenvalue weighted by Gasteiger charge is -2.15. The van der Waals surface area contributed by atoms with Crippen molar-refractivity contribution in [3.8, 4) is 11.5 Å². The largest absolute Gasteiger partial charge is 0.493 e. The van der Waals surface area contributed by atoms with E-state index in [0.717, 1.165) is 5.69 Å². The SMILES string of the molecule is CCOc1cc(NC(=NC)NCCC(=O)NC2CCS(=O)(=O)C2)ccc1OC. The highest BCUT2D eigenvalue weighted by molar-refractivity contribution is 7.91. The lowest BCUT2D eigenvalue weighted by atomic mass is 10.2. The Bertz CT molecular complexity index is 810. The van der Waals surface area contributed by atoms with Crippen LogP contribution < -0.4 is 25.4 Å². The van der Waals surface area contributed by atoms with Crippen LogP contribution in [0.5, 0.6) is 11.5 Å². The van der Waals surface area contributed by atoms with Crippen LogP contribution in [-0.4, -0.2) is 65.1 Å². The summed E-state index contributed by atoms with van der Waals surface area (Å²) < 4.78 is 33.7. The van der Waals surface area contributed by atoms with Gasteiger partial charge in [-0.15, -0.1) is 0 Å². The first-order chi connectivity index (χ1) is 13.4. The summed E-state index contributed by atoms with van der Waals surface area (Å²) >= 11 is 0. The molecular formula is C18H28N4O5S. The van der Waals surface area contributed by atoms with Crippen LogP contribution in [0, 0.1) is 0 Å². The Morgan fingerprint density at radius 1 is 1.32 bits per heavy atom. The number of ether oxygens (including phenoxy) is 2. The van der Waals surface area contributed by atoms with E-state index in [1.165, 1.54) is 0 Å². The molecule has 0 aromatic heterocycles. The predicted molar refractivity (Wildman–Crippen MR) is 109 cm³/mol. The van der Waals surface area contributed by atoms with Gasteiger partial charge in [0.1, 0.15) is 0 Å². The number of sulfone groups is 1. The molecule has 3 N–H and O–H groups in total. The van der Waals surface area contributed by atoms with Crippen LogP contribution in [0.15, 0.2) is 23.2 Å². The predicted octanol–water partition coefficient (Wildman–Crippen LogP) is 0.775. The number of carbonyl (C=O) groups is 1. The molecule has 1 aromatic carbocycles. The summed E-state index contributed by atoms with van der Waals surface area (Å²) in [6, 6.07) is 5.15. The zero-order chi connectivity index (χ0) is 20.6. The summed E-state index contributed by atoms with van der Waals surface area (Å²) in [6.45, 7) is 2.77. The molecular weight excluding hydrogens is 384 g/mol. The number of carbonyl (C=O) groups excluding carboxylic acids is 1. The zero-order valence-electron chi connectivity index (χ0n) is 16.4. The third kappa shape index (κ3) is 6.59. The number of nitrogens with one attached hydrogen (secondary N) is 3. The minimum atomic E-state index is -3.01. The van der Waals surface area contributed by atoms with Crippen LogP contribution >= 0.6 is 0 Å². The van der Waals surface area contributed by atoms with Crippen molar-refractivity contribution in [3.63, 3.8) is 0 Å². The van der Waals surface area contributed by atoms with Gasteiger partial charge in [0, 0.05) is 37.8 Å². The number of anilines is 1. The number of amides is 1. The van der Waals surface area contributed by atoms with Gasteiger partial charge in [-0.3, -0.25) is 9.79 Å². The molecule has 9 nitrogen and oxygen atoms in total. The molecule has 0 saturated carbocycles. The zero-order valence-corrected chi connectivity index (χ0v) is 17.3. The molecule has 1 aromatic rings. The van der Waals surface area contributed by atoms with E-state index < -0.39 is 9.84 Å². The Balaban J connectivity index is 1.81. The number of hydrogen-bond acceptors (Lipinski definition) is 6. The Kier molecular flexibility index (Phi) is 7.91. The number of guanidine groups is 1. The fourth-order valence-corrected chi connectivity index (χ4v) is 4.52. The van der Waals surface area contributed by atoms with Crippen molar-refractivity contribution in [1.82, 2.24) is 10.6 Å². The number of methoxy groups -OCH3 is 1. The van der Waals surface area contributed by atoms with E-state index in [1.54, 1.807) is 20.2 Å². The Morgan fingerprint density at radius 3 is 2.71 bits per heavy atom. The van der Waals surface area contributed by atoms with Gasteiger partial charge in [-0.2, -0.15) is 0 Å². The Labute approximate surface area is 165 Å². The maximum atomic E-state index is 12.0. The molecule has 1 heterocycles. The molecule has 1 aliphatic heterocycles. The molecule has 0 aliphatic carbocycles. The second-order valence-electron chi connectivity index (χ2n) is 6.34. The molecule has 0 bridgehead atoms. The average Bonchev–Trinajstić information content (AvgIpc) is 2.99. The number of benzene rings is 1. The molecule has 1 saturated heterocycles. The van der Waals surface area contributed by atoms with E-state index in [9.17, 15) is 13.2 Å². The van der Waals surface area contributed by atoms with Crippen molar-refractivity contribution in [3.05, 3.63) is 18.2 Å². The third-order valence-corrected chi connectivity index (χ3v) is 5.96. The first-order valence-corrected chi connectivity index (χ1v) is 11.0. The molecule has 1 fully saturated rings. The summed E-state index contributed by atoms with van der Waals surface area (Å²) in [7, 11) is 0.206. The second-order valence-corrected chi connectivity index (χ2v) is 8.57. The lowest BCUT2D eigenvalue weighted by molar-refractivity contribution is -0.121. The quantitative estimate of drug-likeness (QED) is 0.426. The third-order valence-electron chi connectivity index (χ3n) is 4.19. The monoisotopic (exact) mass is 412 g/mol. The van der Waals surface area contributed by atoms with Crippen LogP contribution in [0.25, 0.3) is 0 Å². The molecule has 28 heavy (non-hydrogen) atoms. The molecule has 2 rings (SSSR count). The fourth-order valence-electron chi connectivity index (χ4n) is 2.84. The maximum Gasteiger partial charge on any atom is 0.222 e. The summed E-state index contributed by atoms with van der Waals surface area (Å²) in [5.74, 6) is 1.74. The summed E-state index contributed by atoms with van der Waals surface area (Å²) in [4.78, 5) is 16.1. The van der Waals surface area contributed by atoms with Crippen LogP contribution in [0.3, 0.4) is 0 Å². The normalized spacial score (nSPS) is 18.4. The van der Waals surface area contributed by atoms with Gasteiger partial charge in [-0.05, 0) is 25.5 Å². The minimum Gasteiger partial charge on any atom is -0.493 e. The minimum absolute atomic E-state index is 0.0228. The van der Waals surface area contributed by atoms with Gasteiger partial charge in [0.2, 0.25) is 5.91 Å². The first kappa shape index (κ1) is 21.8. The van der Waals surface area contributed by atoms with Crippen LogP contribution in [0.1, 0.15) is 19.8 Å². The highest BCUT2D eigenvalue weighted by Gasteiger charge is 2.28. The maximum absolute atomic E-state index is 12.0. The van der Waals surface area contributed by atoms with Crippen molar-refractivity contribution in [2.75, 3.05) is 44.1 Å². The van der Waals surface area contributed by atoms with Crippen molar-refractivity contribution in [1.29, 1.82) is 0 Å². The molecule has 1 atom stereocenters. The number of rotatable bonds is 8.